The number of piperazine rings is 1. The van der Waals surface area contributed by atoms with Gasteiger partial charge < -0.3 is 20.2 Å². The highest BCUT2D eigenvalue weighted by molar-refractivity contribution is 5.97. The van der Waals surface area contributed by atoms with Crippen LogP contribution >= 0.6 is 0 Å². The maximum absolute atomic E-state index is 13.0. The zero-order valence-electron chi connectivity index (χ0n) is 12.9. The minimum Gasteiger partial charge on any atom is -0.480 e. The van der Waals surface area contributed by atoms with Gasteiger partial charge in [-0.3, -0.25) is 9.59 Å². The lowest BCUT2D eigenvalue weighted by Gasteiger charge is -2.36. The molecule has 0 saturated carbocycles. The fraction of sp³-hybridized carbons (Fsp3) is 0.312. The van der Waals surface area contributed by atoms with E-state index in [1.54, 1.807) is 18.2 Å². The summed E-state index contributed by atoms with van der Waals surface area (Å²) in [6, 6.07) is 7.92. The van der Waals surface area contributed by atoms with Crippen LogP contribution in [0.5, 0.6) is 0 Å². The summed E-state index contributed by atoms with van der Waals surface area (Å²) in [7, 11) is 0. The highest BCUT2D eigenvalue weighted by atomic mass is 19.1. The lowest BCUT2D eigenvalue weighted by Crippen LogP contribution is -2.49. The van der Waals surface area contributed by atoms with Crippen LogP contribution in [0, 0.1) is 17.1 Å². The fourth-order valence-electron chi connectivity index (χ4n) is 2.37. The third kappa shape index (κ3) is 4.46. The molecule has 1 fully saturated rings. The third-order valence-electron chi connectivity index (χ3n) is 3.61. The van der Waals surface area contributed by atoms with E-state index in [2.05, 4.69) is 5.32 Å². The van der Waals surface area contributed by atoms with Gasteiger partial charge in [0.25, 0.3) is 5.91 Å². The fourth-order valence-corrected chi connectivity index (χ4v) is 2.37. The summed E-state index contributed by atoms with van der Waals surface area (Å²) in [6.07, 6.45) is 1.13. The number of carbonyl (C=O) groups is 2. The largest absolute Gasteiger partial charge is 0.480 e. The van der Waals surface area contributed by atoms with Gasteiger partial charge in [0.15, 0.2) is 0 Å². The number of nitrogens with zero attached hydrogens (tertiary/aromatic N) is 3. The Morgan fingerprint density at radius 2 is 1.88 bits per heavy atom. The van der Waals surface area contributed by atoms with Crippen molar-refractivity contribution in [3.8, 4) is 6.07 Å². The molecule has 8 heteroatoms. The molecule has 1 amide bonds. The van der Waals surface area contributed by atoms with Crippen molar-refractivity contribution in [1.29, 1.82) is 5.26 Å². The Hall–Kier alpha value is -3.08. The molecular weight excluding hydrogens is 315 g/mol. The lowest BCUT2D eigenvalue weighted by atomic mass is 10.2. The van der Waals surface area contributed by atoms with Gasteiger partial charge in [0.2, 0.25) is 0 Å². The van der Waals surface area contributed by atoms with E-state index in [-0.39, 0.29) is 17.9 Å². The molecule has 0 atom stereocenters. The standard InChI is InChI=1S/C16H17FN4O3/c17-13-1-3-14(4-2-13)20-5-7-21(8-6-20)16(24)12(9-18)10-19-11-15(22)23/h1-4,10,19H,5-8,11H2,(H,22,23)/b12-10-. The molecule has 0 unspecified atom stereocenters. The first-order chi connectivity index (χ1) is 11.5. The molecule has 2 rings (SSSR count). The summed E-state index contributed by atoms with van der Waals surface area (Å²) < 4.78 is 13.0. The Morgan fingerprint density at radius 1 is 1.25 bits per heavy atom. The minimum absolute atomic E-state index is 0.133. The minimum atomic E-state index is -1.08. The summed E-state index contributed by atoms with van der Waals surface area (Å²) in [5.41, 5.74) is 0.745. The quantitative estimate of drug-likeness (QED) is 0.604. The maximum atomic E-state index is 13.0. The zero-order valence-corrected chi connectivity index (χ0v) is 12.9. The molecule has 1 aromatic rings. The molecule has 0 spiro atoms. The molecule has 0 aliphatic carbocycles. The Labute approximate surface area is 138 Å². The van der Waals surface area contributed by atoms with Crippen LogP contribution in [0.3, 0.4) is 0 Å². The summed E-state index contributed by atoms with van der Waals surface area (Å²) in [6.45, 7) is 1.62. The number of halogens is 1. The number of carboxylic acid groups (broad SMARTS) is 1. The van der Waals surface area contributed by atoms with Gasteiger partial charge in [-0.2, -0.15) is 5.26 Å². The molecule has 1 aliphatic heterocycles. The van der Waals surface area contributed by atoms with Crippen molar-refractivity contribution < 1.29 is 19.1 Å². The predicted molar refractivity (Wildman–Crippen MR) is 84.5 cm³/mol. The first-order valence-corrected chi connectivity index (χ1v) is 7.36. The van der Waals surface area contributed by atoms with E-state index in [1.165, 1.54) is 17.0 Å². The Kier molecular flexibility index (Phi) is 5.73. The van der Waals surface area contributed by atoms with Gasteiger partial charge >= 0.3 is 5.97 Å². The molecule has 1 aromatic carbocycles. The lowest BCUT2D eigenvalue weighted by molar-refractivity contribution is -0.135. The number of anilines is 1. The number of benzene rings is 1. The molecular formula is C16H17FN4O3. The van der Waals surface area contributed by atoms with Crippen LogP contribution in [0.4, 0.5) is 10.1 Å². The van der Waals surface area contributed by atoms with Crippen LogP contribution < -0.4 is 10.2 Å². The van der Waals surface area contributed by atoms with Crippen molar-refractivity contribution in [3.05, 3.63) is 41.9 Å². The number of rotatable bonds is 5. The molecule has 0 radical (unpaired) electrons. The van der Waals surface area contributed by atoms with Gasteiger partial charge in [0.05, 0.1) is 0 Å². The van der Waals surface area contributed by atoms with E-state index >= 15 is 0 Å². The molecule has 1 heterocycles. The van der Waals surface area contributed by atoms with Gasteiger partial charge in [0.1, 0.15) is 24.0 Å². The average Bonchev–Trinajstić information content (AvgIpc) is 2.59. The van der Waals surface area contributed by atoms with Gasteiger partial charge in [-0.05, 0) is 24.3 Å². The summed E-state index contributed by atoms with van der Waals surface area (Å²) in [4.78, 5) is 26.3. The number of carboxylic acids is 1. The zero-order chi connectivity index (χ0) is 17.5. The summed E-state index contributed by atoms with van der Waals surface area (Å²) in [5, 5.41) is 20.0. The number of nitriles is 1. The van der Waals surface area contributed by atoms with Gasteiger partial charge in [-0.25, -0.2) is 4.39 Å². The first-order valence-electron chi connectivity index (χ1n) is 7.36. The van der Waals surface area contributed by atoms with Crippen LogP contribution in [-0.2, 0) is 9.59 Å². The van der Waals surface area contributed by atoms with Crippen molar-refractivity contribution in [2.24, 2.45) is 0 Å². The molecule has 0 bridgehead atoms. The maximum Gasteiger partial charge on any atom is 0.322 e. The summed E-state index contributed by atoms with van der Waals surface area (Å²) in [5.74, 6) is -1.82. The molecule has 24 heavy (non-hydrogen) atoms. The van der Waals surface area contributed by atoms with Crippen LogP contribution in [0.15, 0.2) is 36.0 Å². The van der Waals surface area contributed by atoms with Crippen molar-refractivity contribution in [2.75, 3.05) is 37.6 Å². The average molecular weight is 332 g/mol. The van der Waals surface area contributed by atoms with E-state index in [0.717, 1.165) is 11.9 Å². The van der Waals surface area contributed by atoms with Crippen molar-refractivity contribution >= 4 is 17.6 Å². The highest BCUT2D eigenvalue weighted by Gasteiger charge is 2.23. The molecule has 7 nitrogen and oxygen atoms in total. The Balaban J connectivity index is 1.93. The monoisotopic (exact) mass is 332 g/mol. The van der Waals surface area contributed by atoms with E-state index in [1.807, 2.05) is 4.90 Å². The van der Waals surface area contributed by atoms with Crippen molar-refractivity contribution in [1.82, 2.24) is 10.2 Å². The van der Waals surface area contributed by atoms with Crippen molar-refractivity contribution in [2.45, 2.75) is 0 Å². The Bertz CT molecular complexity index is 674. The van der Waals surface area contributed by atoms with Crippen LogP contribution in [0.25, 0.3) is 0 Å². The number of hydrogen-bond donors (Lipinski definition) is 2. The van der Waals surface area contributed by atoms with E-state index < -0.39 is 11.9 Å². The second kappa shape index (κ2) is 7.97. The number of nitrogens with one attached hydrogen (secondary N) is 1. The second-order valence-corrected chi connectivity index (χ2v) is 5.20. The number of hydrogen-bond acceptors (Lipinski definition) is 5. The molecule has 1 aliphatic rings. The Morgan fingerprint density at radius 3 is 2.42 bits per heavy atom. The third-order valence-corrected chi connectivity index (χ3v) is 3.61. The van der Waals surface area contributed by atoms with Crippen LogP contribution in [-0.4, -0.2) is 54.6 Å². The number of amides is 1. The van der Waals surface area contributed by atoms with E-state index in [9.17, 15) is 14.0 Å². The molecule has 0 aromatic heterocycles. The van der Waals surface area contributed by atoms with Crippen LogP contribution in [0.2, 0.25) is 0 Å². The smallest absolute Gasteiger partial charge is 0.322 e. The normalized spacial score (nSPS) is 14.9. The number of aliphatic carboxylic acids is 1. The highest BCUT2D eigenvalue weighted by Crippen LogP contribution is 2.17. The predicted octanol–water partition coefficient (Wildman–Crippen LogP) is 0.556. The van der Waals surface area contributed by atoms with Gasteiger partial charge in [-0.1, -0.05) is 0 Å². The topological polar surface area (TPSA) is 96.7 Å². The number of carbonyl (C=O) groups excluding carboxylic acids is 1. The molecule has 126 valence electrons. The van der Waals surface area contributed by atoms with Crippen molar-refractivity contribution in [3.63, 3.8) is 0 Å². The van der Waals surface area contributed by atoms with Gasteiger partial charge in [0, 0.05) is 38.1 Å². The molecule has 2 N–H and O–H groups in total. The van der Waals surface area contributed by atoms with Gasteiger partial charge in [-0.15, -0.1) is 0 Å². The summed E-state index contributed by atoms with van der Waals surface area (Å²) >= 11 is 0. The second-order valence-electron chi connectivity index (χ2n) is 5.20. The molecule has 1 saturated heterocycles. The first kappa shape index (κ1) is 17.3. The SMILES string of the molecule is N#C/C(=C/NCC(=O)O)C(=O)N1CCN(c2ccc(F)cc2)CC1. The van der Waals surface area contributed by atoms with Crippen LogP contribution in [0.1, 0.15) is 0 Å². The van der Waals surface area contributed by atoms with E-state index in [4.69, 9.17) is 10.4 Å². The van der Waals surface area contributed by atoms with E-state index in [0.29, 0.717) is 26.2 Å².